The van der Waals surface area contributed by atoms with E-state index in [1.165, 1.54) is 4.90 Å². The summed E-state index contributed by atoms with van der Waals surface area (Å²) in [5.74, 6) is -3.78. The summed E-state index contributed by atoms with van der Waals surface area (Å²) in [6.45, 7) is 9.87. The van der Waals surface area contributed by atoms with Crippen LogP contribution in [0.25, 0.3) is 0 Å². The van der Waals surface area contributed by atoms with Crippen molar-refractivity contribution in [2.45, 2.75) is 5.54 Å². The average molecular weight is 915 g/mol. The van der Waals surface area contributed by atoms with E-state index in [0.29, 0.717) is 0 Å². The minimum Gasteiger partial charge on any atom is -0.461 e. The second-order valence-corrected chi connectivity index (χ2v) is 11.7. The number of hydrogen-bond acceptors (Lipinski definition) is 21. The van der Waals surface area contributed by atoms with Gasteiger partial charge < -0.3 is 74.0 Å². The minimum atomic E-state index is -1.94. The van der Waals surface area contributed by atoms with Gasteiger partial charge in [-0.1, -0.05) is 32.9 Å². The van der Waals surface area contributed by atoms with Gasteiger partial charge in [-0.05, 0) is 0 Å². The zero-order chi connectivity index (χ0) is 48.0. The Bertz CT molecular complexity index is 1470. The summed E-state index contributed by atoms with van der Waals surface area (Å²) < 4.78 is 50.9. The molecule has 0 saturated carbocycles. The molecule has 0 aromatic rings. The van der Waals surface area contributed by atoms with Crippen molar-refractivity contribution in [3.63, 3.8) is 0 Å². The fourth-order valence-electron chi connectivity index (χ4n) is 4.16. The molecule has 0 radical (unpaired) electrons. The molecule has 5 amide bonds. The zero-order valence-corrected chi connectivity index (χ0v) is 35.1. The molecule has 0 unspecified atom stereocenters. The molecule has 0 aromatic carbocycles. The number of ether oxygens (including phenoxy) is 10. The maximum atomic E-state index is 12.9. The van der Waals surface area contributed by atoms with Crippen LogP contribution in [0.2, 0.25) is 0 Å². The van der Waals surface area contributed by atoms with Crippen LogP contribution < -0.4 is 26.6 Å². The van der Waals surface area contributed by atoms with Crippen molar-refractivity contribution >= 4 is 60.3 Å². The molecule has 0 heterocycles. The third-order valence-electron chi connectivity index (χ3n) is 7.19. The van der Waals surface area contributed by atoms with Gasteiger partial charge in [0.1, 0.15) is 71.6 Å². The number of carbonyl (C=O) groups excluding carboxylic acids is 10. The van der Waals surface area contributed by atoms with E-state index in [0.717, 1.165) is 30.4 Å². The van der Waals surface area contributed by atoms with Crippen LogP contribution in [0.5, 0.6) is 0 Å². The van der Waals surface area contributed by atoms with Crippen molar-refractivity contribution in [2.75, 3.05) is 112 Å². The molecule has 0 atom stereocenters. The first-order valence-electron chi connectivity index (χ1n) is 18.9. The fraction of sp³-hybridized carbons (Fsp3) is 0.474. The van der Waals surface area contributed by atoms with Crippen LogP contribution in [0.4, 0.5) is 24.0 Å². The summed E-state index contributed by atoms with van der Waals surface area (Å²) in [5, 5.41) is 11.7. The second-order valence-electron chi connectivity index (χ2n) is 11.7. The highest BCUT2D eigenvalue weighted by Crippen LogP contribution is 2.20. The monoisotopic (exact) mass is 914 g/mol. The maximum absolute atomic E-state index is 12.9. The highest BCUT2D eigenvalue weighted by atomic mass is 16.6. The van der Waals surface area contributed by atoms with Gasteiger partial charge in [0.05, 0.1) is 32.7 Å². The molecule has 0 saturated heterocycles. The smallest absolute Gasteiger partial charge is 0.407 e. The van der Waals surface area contributed by atoms with Crippen LogP contribution in [-0.2, 0) is 71.3 Å². The Morgan fingerprint density at radius 2 is 0.562 bits per heavy atom. The molecule has 0 aliphatic rings. The van der Waals surface area contributed by atoms with E-state index in [-0.39, 0.29) is 78.8 Å². The number of carbonyl (C=O) groups is 10. The lowest BCUT2D eigenvalue weighted by Gasteiger charge is -2.42. The van der Waals surface area contributed by atoms with Crippen LogP contribution in [-0.4, -0.2) is 183 Å². The van der Waals surface area contributed by atoms with Crippen molar-refractivity contribution in [3.8, 4) is 0 Å². The van der Waals surface area contributed by atoms with E-state index in [1.54, 1.807) is 0 Å². The van der Waals surface area contributed by atoms with Gasteiger partial charge in [-0.25, -0.2) is 47.9 Å². The van der Waals surface area contributed by atoms with Crippen molar-refractivity contribution < 1.29 is 95.3 Å². The molecule has 0 aliphatic heterocycles. The van der Waals surface area contributed by atoms with Gasteiger partial charge in [-0.3, -0.25) is 4.90 Å². The molecular formula is C38H54N6O20. The lowest BCUT2D eigenvalue weighted by molar-refractivity contribution is -0.138. The molecule has 0 aliphatic carbocycles. The topological polar surface area (TPSA) is 326 Å². The molecule has 0 bridgehead atoms. The zero-order valence-electron chi connectivity index (χ0n) is 35.1. The van der Waals surface area contributed by atoms with Gasteiger partial charge in [0.15, 0.2) is 0 Å². The third-order valence-corrected chi connectivity index (χ3v) is 7.19. The molecular weight excluding hydrogens is 860 g/mol. The van der Waals surface area contributed by atoms with Crippen molar-refractivity contribution in [2.24, 2.45) is 0 Å². The lowest BCUT2D eigenvalue weighted by atomic mass is 10.00. The SMILES string of the molecule is C=CC(=O)OCCNC(=O)OCCN(CCOC(=O)NCCOC(=O)C=C)C(COC(=O)NCCOC(=O)C=C)(COC(=O)NCCOC(=O)C=C)COC(=O)NCCOC(=O)C=C. The quantitative estimate of drug-likeness (QED) is 0.0235. The van der Waals surface area contributed by atoms with E-state index in [9.17, 15) is 47.9 Å². The van der Waals surface area contributed by atoms with E-state index in [4.69, 9.17) is 47.4 Å². The summed E-state index contributed by atoms with van der Waals surface area (Å²) in [5.41, 5.74) is -1.94. The van der Waals surface area contributed by atoms with Crippen LogP contribution in [0, 0.1) is 0 Å². The average Bonchev–Trinajstić information content (AvgIpc) is 3.29. The maximum Gasteiger partial charge on any atom is 0.407 e. The number of nitrogens with zero attached hydrogens (tertiary/aromatic N) is 1. The molecule has 0 spiro atoms. The van der Waals surface area contributed by atoms with Crippen LogP contribution >= 0.6 is 0 Å². The summed E-state index contributed by atoms with van der Waals surface area (Å²) in [6.07, 6.45) is -0.755. The summed E-state index contributed by atoms with van der Waals surface area (Å²) in [7, 11) is 0. The predicted molar refractivity (Wildman–Crippen MR) is 217 cm³/mol. The van der Waals surface area contributed by atoms with Crippen molar-refractivity contribution in [1.82, 2.24) is 31.5 Å². The lowest BCUT2D eigenvalue weighted by Crippen LogP contribution is -2.61. The van der Waals surface area contributed by atoms with Gasteiger partial charge in [-0.2, -0.15) is 0 Å². The molecule has 0 rings (SSSR count). The number of alkyl carbamates (subject to hydrolysis) is 5. The summed E-state index contributed by atoms with van der Waals surface area (Å²) in [4.78, 5) is 122. The summed E-state index contributed by atoms with van der Waals surface area (Å²) in [6, 6.07) is 0. The molecule has 26 heteroatoms. The molecule has 0 fully saturated rings. The van der Waals surface area contributed by atoms with Crippen molar-refractivity contribution in [1.29, 1.82) is 0 Å². The van der Waals surface area contributed by atoms with Gasteiger partial charge in [0, 0.05) is 43.5 Å². The Kier molecular flexibility index (Phi) is 30.8. The Balaban J connectivity index is 6.66. The van der Waals surface area contributed by atoms with Gasteiger partial charge >= 0.3 is 60.3 Å². The predicted octanol–water partition coefficient (Wildman–Crippen LogP) is -0.696. The van der Waals surface area contributed by atoms with E-state index < -0.39 is 98.9 Å². The molecule has 64 heavy (non-hydrogen) atoms. The largest absolute Gasteiger partial charge is 0.461 e. The van der Waals surface area contributed by atoms with Crippen LogP contribution in [0.15, 0.2) is 63.3 Å². The Labute approximate surface area is 367 Å². The number of nitrogens with one attached hydrogen (secondary N) is 5. The van der Waals surface area contributed by atoms with E-state index in [1.807, 2.05) is 0 Å². The highest BCUT2D eigenvalue weighted by molar-refractivity contribution is 5.82. The number of esters is 5. The Hall–Kier alpha value is -7.64. The highest BCUT2D eigenvalue weighted by Gasteiger charge is 2.42. The first kappa shape index (κ1) is 56.4. The molecule has 5 N–H and O–H groups in total. The van der Waals surface area contributed by atoms with Gasteiger partial charge in [0.2, 0.25) is 0 Å². The molecule has 356 valence electrons. The summed E-state index contributed by atoms with van der Waals surface area (Å²) >= 11 is 0. The minimum absolute atomic E-state index is 0.164. The van der Waals surface area contributed by atoms with E-state index >= 15 is 0 Å². The van der Waals surface area contributed by atoms with E-state index in [2.05, 4.69) is 59.5 Å². The third kappa shape index (κ3) is 28.8. The number of amides is 5. The molecule has 26 nitrogen and oxygen atoms in total. The second kappa shape index (κ2) is 35.0. The molecule has 0 aromatic heterocycles. The van der Waals surface area contributed by atoms with Gasteiger partial charge in [0.25, 0.3) is 0 Å². The van der Waals surface area contributed by atoms with Crippen LogP contribution in [0.3, 0.4) is 0 Å². The first-order valence-corrected chi connectivity index (χ1v) is 18.9. The standard InChI is InChI=1S/C38H54N6O20/c1-6-28(45)55-18-11-39-33(50)60-23-16-44(17-24-61-34(51)40-12-19-56-29(46)7-2)38(25-62-35(52)41-13-20-57-30(47)8-3,26-63-36(53)42-14-21-58-31(48)9-4)27-64-37(54)43-15-22-59-32(49)10-5/h6-10H,1-5,11-27H2,(H,39,50)(H,40,51)(H,41,52)(H,42,53)(H,43,54). The van der Waals surface area contributed by atoms with Crippen LogP contribution in [0.1, 0.15) is 0 Å². The normalized spacial score (nSPS) is 10.1. The Morgan fingerprint density at radius 3 is 0.781 bits per heavy atom. The number of rotatable bonds is 33. The number of hydrogen-bond donors (Lipinski definition) is 5. The van der Waals surface area contributed by atoms with Crippen molar-refractivity contribution in [3.05, 3.63) is 63.3 Å². The fourth-order valence-corrected chi connectivity index (χ4v) is 4.16. The Morgan fingerprint density at radius 1 is 0.344 bits per heavy atom. The van der Waals surface area contributed by atoms with Gasteiger partial charge in [-0.15, -0.1) is 0 Å². The first-order chi connectivity index (χ1) is 30.6.